The second-order valence-electron chi connectivity index (χ2n) is 7.87. The summed E-state index contributed by atoms with van der Waals surface area (Å²) in [6, 6.07) is 4.38. The number of benzene rings is 1. The number of aliphatic carboxylic acids is 2. The van der Waals surface area contributed by atoms with Gasteiger partial charge in [-0.3, -0.25) is 19.2 Å². The molecule has 0 aliphatic heterocycles. The lowest BCUT2D eigenvalue weighted by Crippen LogP contribution is -2.56. The van der Waals surface area contributed by atoms with E-state index in [1.165, 1.54) is 6.92 Å². The summed E-state index contributed by atoms with van der Waals surface area (Å²) in [7, 11) is 0. The first kappa shape index (κ1) is 28.5. The zero-order valence-electron chi connectivity index (χ0n) is 19.0. The number of hydrogen-bond acceptors (Lipinski definition) is 7. The molecule has 1 aromatic rings. The second-order valence-corrected chi connectivity index (χ2v) is 7.87. The molecule has 0 fully saturated rings. The maximum Gasteiger partial charge on any atom is 0.326 e. The monoisotopic (exact) mass is 479 g/mol. The van der Waals surface area contributed by atoms with Crippen LogP contribution in [0.1, 0.15) is 38.2 Å². The highest BCUT2D eigenvalue weighted by Gasteiger charge is 2.29. The van der Waals surface area contributed by atoms with Gasteiger partial charge in [0.1, 0.15) is 18.1 Å². The van der Waals surface area contributed by atoms with Crippen LogP contribution in [0.3, 0.4) is 0 Å². The van der Waals surface area contributed by atoms with Gasteiger partial charge < -0.3 is 37.6 Å². The molecule has 3 amide bonds. The van der Waals surface area contributed by atoms with E-state index in [1.54, 1.807) is 0 Å². The van der Waals surface area contributed by atoms with E-state index < -0.39 is 60.2 Å². The number of carbonyl (C=O) groups is 5. The minimum absolute atomic E-state index is 0.141. The van der Waals surface area contributed by atoms with Crippen molar-refractivity contribution in [3.05, 3.63) is 35.9 Å². The Kier molecular flexibility index (Phi) is 12.2. The molecule has 4 atom stereocenters. The number of nitrogens with two attached hydrogens (primary N) is 2. The minimum Gasteiger partial charge on any atom is -0.481 e. The standard InChI is InChI=1S/C22H33N5O7/c1-13(25-20(31)15(24)11-14-7-3-2-4-8-14)19(30)26-16(9-5-6-10-23)21(32)27-17(22(33)34)12-18(28)29/h2-4,7-8,13,15-17H,5-6,9-12,23-24H2,1H3,(H,25,31)(H,26,30)(H,27,32)(H,28,29)(H,33,34). The lowest BCUT2D eigenvalue weighted by Gasteiger charge is -2.23. The number of unbranched alkanes of at least 4 members (excludes halogenated alkanes) is 1. The Balaban J connectivity index is 2.76. The first-order chi connectivity index (χ1) is 16.0. The van der Waals surface area contributed by atoms with Gasteiger partial charge in [0, 0.05) is 0 Å². The predicted octanol–water partition coefficient (Wildman–Crippen LogP) is -1.28. The number of carboxylic acids is 2. The molecule has 12 nitrogen and oxygen atoms in total. The van der Waals surface area contributed by atoms with Gasteiger partial charge in [-0.2, -0.15) is 0 Å². The summed E-state index contributed by atoms with van der Waals surface area (Å²) in [6.45, 7) is 1.77. The first-order valence-corrected chi connectivity index (χ1v) is 10.9. The van der Waals surface area contributed by atoms with E-state index in [0.717, 1.165) is 5.56 Å². The summed E-state index contributed by atoms with van der Waals surface area (Å²) >= 11 is 0. The molecule has 1 aromatic carbocycles. The van der Waals surface area contributed by atoms with Gasteiger partial charge in [0.2, 0.25) is 17.7 Å². The van der Waals surface area contributed by atoms with Gasteiger partial charge in [0.05, 0.1) is 12.5 Å². The van der Waals surface area contributed by atoms with Crippen molar-refractivity contribution >= 4 is 29.7 Å². The summed E-state index contributed by atoms with van der Waals surface area (Å²) < 4.78 is 0. The zero-order valence-corrected chi connectivity index (χ0v) is 19.0. The fourth-order valence-corrected chi connectivity index (χ4v) is 3.05. The maximum absolute atomic E-state index is 12.6. The molecule has 34 heavy (non-hydrogen) atoms. The van der Waals surface area contributed by atoms with Crippen LogP contribution in [-0.2, 0) is 30.4 Å². The number of amides is 3. The number of carboxylic acid groups (broad SMARTS) is 2. The number of carbonyl (C=O) groups excluding carboxylic acids is 3. The van der Waals surface area contributed by atoms with Crippen molar-refractivity contribution < 1.29 is 34.2 Å². The maximum atomic E-state index is 12.6. The Morgan fingerprint density at radius 2 is 1.50 bits per heavy atom. The van der Waals surface area contributed by atoms with Crippen LogP contribution in [0.2, 0.25) is 0 Å². The van der Waals surface area contributed by atoms with Gasteiger partial charge in [0.15, 0.2) is 0 Å². The molecule has 9 N–H and O–H groups in total. The SMILES string of the molecule is CC(NC(=O)C(N)Cc1ccccc1)C(=O)NC(CCCCN)C(=O)NC(CC(=O)O)C(=O)O. The van der Waals surface area contributed by atoms with E-state index in [2.05, 4.69) is 16.0 Å². The zero-order chi connectivity index (χ0) is 25.7. The van der Waals surface area contributed by atoms with Crippen molar-refractivity contribution in [3.63, 3.8) is 0 Å². The molecule has 0 heterocycles. The average Bonchev–Trinajstić information content (AvgIpc) is 2.78. The Morgan fingerprint density at radius 3 is 2.06 bits per heavy atom. The van der Waals surface area contributed by atoms with E-state index >= 15 is 0 Å². The van der Waals surface area contributed by atoms with Crippen LogP contribution in [0.4, 0.5) is 0 Å². The predicted molar refractivity (Wildman–Crippen MR) is 122 cm³/mol. The summed E-state index contributed by atoms with van der Waals surface area (Å²) in [5.74, 6) is -5.00. The van der Waals surface area contributed by atoms with Crippen molar-refractivity contribution in [2.45, 2.75) is 63.2 Å². The normalized spacial score (nSPS) is 14.2. The highest BCUT2D eigenvalue weighted by atomic mass is 16.4. The van der Waals surface area contributed by atoms with Gasteiger partial charge >= 0.3 is 11.9 Å². The van der Waals surface area contributed by atoms with Crippen molar-refractivity contribution in [2.75, 3.05) is 6.54 Å². The molecule has 0 radical (unpaired) electrons. The molecule has 0 aliphatic rings. The van der Waals surface area contributed by atoms with Crippen molar-refractivity contribution in [1.82, 2.24) is 16.0 Å². The smallest absolute Gasteiger partial charge is 0.326 e. The molecular weight excluding hydrogens is 446 g/mol. The third kappa shape index (κ3) is 10.4. The molecule has 0 spiro atoms. The largest absolute Gasteiger partial charge is 0.481 e. The van der Waals surface area contributed by atoms with E-state index in [1.807, 2.05) is 30.3 Å². The van der Waals surface area contributed by atoms with Crippen LogP contribution in [0.5, 0.6) is 0 Å². The molecule has 0 saturated carbocycles. The number of nitrogens with one attached hydrogen (secondary N) is 3. The average molecular weight is 480 g/mol. The summed E-state index contributed by atoms with van der Waals surface area (Å²) in [5, 5.41) is 25.1. The third-order valence-corrected chi connectivity index (χ3v) is 4.96. The molecule has 0 bridgehead atoms. The fraction of sp³-hybridized carbons (Fsp3) is 0.500. The fourth-order valence-electron chi connectivity index (χ4n) is 3.05. The van der Waals surface area contributed by atoms with Crippen LogP contribution in [0, 0.1) is 0 Å². The molecule has 0 saturated heterocycles. The first-order valence-electron chi connectivity index (χ1n) is 10.9. The van der Waals surface area contributed by atoms with Crippen LogP contribution < -0.4 is 27.4 Å². The van der Waals surface area contributed by atoms with Crippen LogP contribution in [0.15, 0.2) is 30.3 Å². The van der Waals surface area contributed by atoms with Crippen LogP contribution in [-0.4, -0.2) is 70.6 Å². The second kappa shape index (κ2) is 14.6. The molecule has 4 unspecified atom stereocenters. The van der Waals surface area contributed by atoms with Gasteiger partial charge in [-0.25, -0.2) is 4.79 Å². The van der Waals surface area contributed by atoms with Crippen LogP contribution in [0.25, 0.3) is 0 Å². The Labute approximate surface area is 197 Å². The van der Waals surface area contributed by atoms with E-state index in [9.17, 15) is 24.0 Å². The van der Waals surface area contributed by atoms with Gasteiger partial charge in [-0.15, -0.1) is 0 Å². The summed E-state index contributed by atoms with van der Waals surface area (Å²) in [6.07, 6.45) is 0.593. The van der Waals surface area contributed by atoms with Crippen molar-refractivity contribution in [2.24, 2.45) is 11.5 Å². The lowest BCUT2D eigenvalue weighted by atomic mass is 10.1. The molecule has 0 aromatic heterocycles. The van der Waals surface area contributed by atoms with Gasteiger partial charge in [-0.1, -0.05) is 30.3 Å². The summed E-state index contributed by atoms with van der Waals surface area (Å²) in [4.78, 5) is 59.7. The highest BCUT2D eigenvalue weighted by molar-refractivity contribution is 5.94. The number of rotatable bonds is 15. The Bertz CT molecular complexity index is 849. The Hall–Kier alpha value is -3.51. The van der Waals surface area contributed by atoms with Gasteiger partial charge in [-0.05, 0) is 44.7 Å². The molecular formula is C22H33N5O7. The van der Waals surface area contributed by atoms with Gasteiger partial charge in [0.25, 0.3) is 0 Å². The lowest BCUT2D eigenvalue weighted by molar-refractivity contribution is -0.147. The van der Waals surface area contributed by atoms with Crippen molar-refractivity contribution in [3.8, 4) is 0 Å². The van der Waals surface area contributed by atoms with Crippen LogP contribution >= 0.6 is 0 Å². The quantitative estimate of drug-likeness (QED) is 0.149. The molecule has 12 heteroatoms. The molecule has 188 valence electrons. The molecule has 1 rings (SSSR count). The minimum atomic E-state index is -1.66. The molecule has 0 aliphatic carbocycles. The van der Waals surface area contributed by atoms with E-state index in [4.69, 9.17) is 21.7 Å². The highest BCUT2D eigenvalue weighted by Crippen LogP contribution is 2.05. The summed E-state index contributed by atoms with van der Waals surface area (Å²) in [5.41, 5.74) is 12.2. The third-order valence-electron chi connectivity index (χ3n) is 4.96. The van der Waals surface area contributed by atoms with E-state index in [-0.39, 0.29) is 12.8 Å². The van der Waals surface area contributed by atoms with Crippen molar-refractivity contribution in [1.29, 1.82) is 0 Å². The topological polar surface area (TPSA) is 214 Å². The Morgan fingerprint density at radius 1 is 0.882 bits per heavy atom. The number of hydrogen-bond donors (Lipinski definition) is 7. The van der Waals surface area contributed by atoms with E-state index in [0.29, 0.717) is 19.4 Å².